The van der Waals surface area contributed by atoms with E-state index in [4.69, 9.17) is 4.74 Å². The third-order valence-corrected chi connectivity index (χ3v) is 3.72. The van der Waals surface area contributed by atoms with Crippen LogP contribution in [0.4, 0.5) is 11.4 Å². The minimum Gasteiger partial charge on any atom is -0.378 e. The van der Waals surface area contributed by atoms with Crippen LogP contribution in [-0.4, -0.2) is 31.7 Å². The largest absolute Gasteiger partial charge is 0.378 e. The normalized spacial score (nSPS) is 26.3. The quantitative estimate of drug-likeness (QED) is 0.866. The van der Waals surface area contributed by atoms with Crippen LogP contribution in [0.25, 0.3) is 0 Å². The first kappa shape index (κ1) is 11.5. The number of carbonyl (C=O) groups is 1. The second kappa shape index (κ2) is 4.61. The molecule has 2 aliphatic rings. The highest BCUT2D eigenvalue weighted by molar-refractivity contribution is 5.98. The number of hydrogen-bond donors (Lipinski definition) is 1. The van der Waals surface area contributed by atoms with Gasteiger partial charge in [-0.1, -0.05) is 19.1 Å². The molecule has 1 amide bonds. The fraction of sp³-hybridized carbons (Fsp3) is 0.500. The predicted octanol–water partition coefficient (Wildman–Crippen LogP) is 1.87. The van der Waals surface area contributed by atoms with E-state index < -0.39 is 0 Å². The number of amides is 1. The Morgan fingerprint density at radius 1 is 1.39 bits per heavy atom. The number of nitrogens with one attached hydrogen (secondary N) is 1. The minimum absolute atomic E-state index is 0.0519. The van der Waals surface area contributed by atoms with Crippen LogP contribution < -0.4 is 10.2 Å². The second-order valence-electron chi connectivity index (χ2n) is 4.91. The lowest BCUT2D eigenvalue weighted by Gasteiger charge is -2.31. The molecule has 0 radical (unpaired) electrons. The summed E-state index contributed by atoms with van der Waals surface area (Å²) in [5.41, 5.74) is 2.04. The molecule has 2 heterocycles. The van der Waals surface area contributed by atoms with Gasteiger partial charge < -0.3 is 15.0 Å². The molecule has 1 fully saturated rings. The van der Waals surface area contributed by atoms with E-state index in [2.05, 4.69) is 23.2 Å². The van der Waals surface area contributed by atoms with Gasteiger partial charge in [0.1, 0.15) is 0 Å². The number of benzene rings is 1. The van der Waals surface area contributed by atoms with Crippen molar-refractivity contribution < 1.29 is 9.53 Å². The molecule has 4 heteroatoms. The molecule has 2 atom stereocenters. The zero-order chi connectivity index (χ0) is 12.5. The van der Waals surface area contributed by atoms with Gasteiger partial charge in [0.05, 0.1) is 36.5 Å². The fourth-order valence-electron chi connectivity index (χ4n) is 2.86. The van der Waals surface area contributed by atoms with Gasteiger partial charge in [-0.15, -0.1) is 0 Å². The smallest absolute Gasteiger partial charge is 0.232 e. The van der Waals surface area contributed by atoms with Crippen molar-refractivity contribution in [3.8, 4) is 0 Å². The molecule has 2 unspecified atom stereocenters. The molecule has 3 rings (SSSR count). The number of hydrogen-bond acceptors (Lipinski definition) is 3. The van der Waals surface area contributed by atoms with Gasteiger partial charge >= 0.3 is 0 Å². The van der Waals surface area contributed by atoms with Crippen molar-refractivity contribution in [2.45, 2.75) is 19.4 Å². The van der Waals surface area contributed by atoms with Gasteiger partial charge in [0.25, 0.3) is 0 Å². The summed E-state index contributed by atoms with van der Waals surface area (Å²) in [7, 11) is 0. The average Bonchev–Trinajstić information content (AvgIpc) is 2.82. The monoisotopic (exact) mass is 246 g/mol. The van der Waals surface area contributed by atoms with Crippen LogP contribution in [0.3, 0.4) is 0 Å². The van der Waals surface area contributed by atoms with E-state index in [0.29, 0.717) is 13.2 Å². The third kappa shape index (κ3) is 1.77. The van der Waals surface area contributed by atoms with Gasteiger partial charge in [-0.2, -0.15) is 0 Å². The second-order valence-corrected chi connectivity index (χ2v) is 4.91. The molecule has 96 valence electrons. The zero-order valence-corrected chi connectivity index (χ0v) is 10.6. The van der Waals surface area contributed by atoms with E-state index in [-0.39, 0.29) is 17.9 Å². The van der Waals surface area contributed by atoms with Crippen molar-refractivity contribution in [3.05, 3.63) is 24.3 Å². The Hall–Kier alpha value is -1.55. The molecule has 0 saturated carbocycles. The Morgan fingerprint density at radius 3 is 3.06 bits per heavy atom. The highest BCUT2D eigenvalue weighted by atomic mass is 16.5. The van der Waals surface area contributed by atoms with Gasteiger partial charge in [0, 0.05) is 6.54 Å². The minimum atomic E-state index is -0.0519. The van der Waals surface area contributed by atoms with Crippen molar-refractivity contribution in [1.82, 2.24) is 0 Å². The van der Waals surface area contributed by atoms with Crippen LogP contribution in [0.2, 0.25) is 0 Å². The summed E-state index contributed by atoms with van der Waals surface area (Å²) in [5.74, 6) is 0.0347. The third-order valence-electron chi connectivity index (χ3n) is 3.72. The number of rotatable bonds is 2. The molecular weight excluding hydrogens is 228 g/mol. The maximum absolute atomic E-state index is 12.2. The van der Waals surface area contributed by atoms with Crippen molar-refractivity contribution in [3.63, 3.8) is 0 Å². The Kier molecular flexibility index (Phi) is 2.96. The zero-order valence-electron chi connectivity index (χ0n) is 10.6. The standard InChI is InChI=1S/C14H18N2O2/c1-2-7-16-12-6-4-3-5-11(12)15-14(17)10-8-18-9-13(10)16/h3-6,10,13H,2,7-9H2,1H3,(H,15,17). The number of nitrogens with zero attached hydrogens (tertiary/aromatic N) is 1. The summed E-state index contributed by atoms with van der Waals surface area (Å²) in [6.07, 6.45) is 1.06. The summed E-state index contributed by atoms with van der Waals surface area (Å²) in [6, 6.07) is 8.20. The molecule has 0 aromatic heterocycles. The van der Waals surface area contributed by atoms with Crippen LogP contribution in [0, 0.1) is 5.92 Å². The van der Waals surface area contributed by atoms with Crippen molar-refractivity contribution in [2.75, 3.05) is 30.0 Å². The molecule has 1 aromatic rings. The average molecular weight is 246 g/mol. The van der Waals surface area contributed by atoms with E-state index in [0.717, 1.165) is 24.3 Å². The van der Waals surface area contributed by atoms with E-state index in [1.165, 1.54) is 0 Å². The lowest BCUT2D eigenvalue weighted by atomic mass is 10.0. The molecule has 1 N–H and O–H groups in total. The summed E-state index contributed by atoms with van der Waals surface area (Å²) >= 11 is 0. The van der Waals surface area contributed by atoms with E-state index in [1.54, 1.807) is 0 Å². The highest BCUT2D eigenvalue weighted by Gasteiger charge is 2.40. The number of fused-ring (bicyclic) bond motifs is 2. The number of ether oxygens (including phenoxy) is 1. The summed E-state index contributed by atoms with van der Waals surface area (Å²) in [4.78, 5) is 14.5. The molecule has 4 nitrogen and oxygen atoms in total. The summed E-state index contributed by atoms with van der Waals surface area (Å²) in [6.45, 7) is 4.29. The first-order valence-electron chi connectivity index (χ1n) is 6.55. The van der Waals surface area contributed by atoms with Gasteiger partial charge in [-0.3, -0.25) is 4.79 Å². The topological polar surface area (TPSA) is 41.6 Å². The molecular formula is C14H18N2O2. The summed E-state index contributed by atoms with van der Waals surface area (Å²) in [5, 5.41) is 3.02. The Balaban J connectivity index is 2.05. The molecule has 2 aliphatic heterocycles. The van der Waals surface area contributed by atoms with Gasteiger partial charge in [-0.25, -0.2) is 0 Å². The molecule has 18 heavy (non-hydrogen) atoms. The van der Waals surface area contributed by atoms with E-state index >= 15 is 0 Å². The van der Waals surface area contributed by atoms with Gasteiger partial charge in [0.2, 0.25) is 5.91 Å². The van der Waals surface area contributed by atoms with E-state index in [9.17, 15) is 4.79 Å². The van der Waals surface area contributed by atoms with Crippen LogP contribution in [0.5, 0.6) is 0 Å². The molecule has 1 saturated heterocycles. The maximum atomic E-state index is 12.2. The number of para-hydroxylation sites is 2. The van der Waals surface area contributed by atoms with Crippen LogP contribution in [-0.2, 0) is 9.53 Å². The van der Waals surface area contributed by atoms with Gasteiger partial charge in [-0.05, 0) is 18.6 Å². The lowest BCUT2D eigenvalue weighted by molar-refractivity contribution is -0.120. The number of anilines is 2. The maximum Gasteiger partial charge on any atom is 0.232 e. The lowest BCUT2D eigenvalue weighted by Crippen LogP contribution is -2.42. The van der Waals surface area contributed by atoms with Crippen molar-refractivity contribution in [1.29, 1.82) is 0 Å². The van der Waals surface area contributed by atoms with Crippen molar-refractivity contribution >= 4 is 17.3 Å². The SMILES string of the molecule is CCCN1c2ccccc2NC(=O)C2COCC21. The Labute approximate surface area is 107 Å². The summed E-state index contributed by atoms with van der Waals surface area (Å²) < 4.78 is 5.51. The molecule has 0 bridgehead atoms. The van der Waals surface area contributed by atoms with E-state index in [1.807, 2.05) is 18.2 Å². The van der Waals surface area contributed by atoms with Crippen LogP contribution >= 0.6 is 0 Å². The first-order chi connectivity index (χ1) is 8.81. The molecule has 0 spiro atoms. The predicted molar refractivity (Wildman–Crippen MR) is 70.8 cm³/mol. The fourth-order valence-corrected chi connectivity index (χ4v) is 2.86. The highest BCUT2D eigenvalue weighted by Crippen LogP contribution is 2.35. The van der Waals surface area contributed by atoms with Crippen LogP contribution in [0.1, 0.15) is 13.3 Å². The molecule has 0 aliphatic carbocycles. The van der Waals surface area contributed by atoms with Crippen LogP contribution in [0.15, 0.2) is 24.3 Å². The Morgan fingerprint density at radius 2 is 2.22 bits per heavy atom. The Bertz CT molecular complexity index is 461. The molecule has 1 aromatic carbocycles. The first-order valence-corrected chi connectivity index (χ1v) is 6.55. The van der Waals surface area contributed by atoms with Crippen molar-refractivity contribution in [2.24, 2.45) is 5.92 Å². The van der Waals surface area contributed by atoms with Gasteiger partial charge in [0.15, 0.2) is 0 Å². The number of carbonyl (C=O) groups excluding carboxylic acids is 1.